The predicted octanol–water partition coefficient (Wildman–Crippen LogP) is 3.09. The quantitative estimate of drug-likeness (QED) is 0.520. The molecule has 1 aromatic heterocycles. The third-order valence-electron chi connectivity index (χ3n) is 5.04. The zero-order valence-corrected chi connectivity index (χ0v) is 21.4. The number of para-hydroxylation sites is 1. The zero-order chi connectivity index (χ0) is 25.6. The molecule has 0 saturated carbocycles. The number of ether oxygens (including phenoxy) is 2. The van der Waals surface area contributed by atoms with Crippen molar-refractivity contribution in [1.29, 1.82) is 0 Å². The number of carbonyl (C=O) groups excluding carboxylic acids is 2. The number of carbonyl (C=O) groups is 2. The molecule has 2 aromatic carbocycles. The summed E-state index contributed by atoms with van der Waals surface area (Å²) in [5, 5.41) is 2.77. The molecule has 35 heavy (non-hydrogen) atoms. The summed E-state index contributed by atoms with van der Waals surface area (Å²) in [6, 6.07) is 14.4. The number of hydrogen-bond acceptors (Lipinski definition) is 6. The molecule has 0 fully saturated rings. The van der Waals surface area contributed by atoms with E-state index in [9.17, 15) is 14.4 Å². The summed E-state index contributed by atoms with van der Waals surface area (Å²) in [6.45, 7) is 7.61. The summed E-state index contributed by atoms with van der Waals surface area (Å²) in [6.07, 6.45) is 3.27. The van der Waals surface area contributed by atoms with Crippen molar-refractivity contribution in [3.8, 4) is 11.5 Å². The van der Waals surface area contributed by atoms with Gasteiger partial charge in [-0.25, -0.2) is 0 Å². The summed E-state index contributed by atoms with van der Waals surface area (Å²) in [5.41, 5.74) is 0.722. The van der Waals surface area contributed by atoms with E-state index in [2.05, 4.69) is 5.32 Å². The minimum absolute atomic E-state index is 0.0441. The van der Waals surface area contributed by atoms with E-state index in [0.29, 0.717) is 33.0 Å². The van der Waals surface area contributed by atoms with E-state index in [1.165, 1.54) is 22.0 Å². The van der Waals surface area contributed by atoms with Crippen LogP contribution in [0.5, 0.6) is 11.5 Å². The fourth-order valence-corrected chi connectivity index (χ4v) is 4.08. The lowest BCUT2D eigenvalue weighted by Crippen LogP contribution is -2.30. The van der Waals surface area contributed by atoms with Gasteiger partial charge in [0.15, 0.2) is 23.9 Å². The van der Waals surface area contributed by atoms with Crippen LogP contribution in [0.3, 0.4) is 0 Å². The van der Waals surface area contributed by atoms with Crippen LogP contribution in [0, 0.1) is 5.41 Å². The average molecular weight is 495 g/mol. The molecule has 1 amide bonds. The molecule has 0 spiro atoms. The molecule has 3 rings (SSSR count). The first-order chi connectivity index (χ1) is 16.6. The number of anilines is 1. The number of benzene rings is 2. The Morgan fingerprint density at radius 2 is 1.77 bits per heavy atom. The highest BCUT2D eigenvalue weighted by Crippen LogP contribution is 2.29. The molecule has 0 unspecified atom stereocenters. The van der Waals surface area contributed by atoms with Gasteiger partial charge in [-0.2, -0.15) is 0 Å². The van der Waals surface area contributed by atoms with E-state index in [-0.39, 0.29) is 23.9 Å². The number of nitrogens with zero attached hydrogens (tertiary/aromatic N) is 1. The third kappa shape index (κ3) is 6.93. The van der Waals surface area contributed by atoms with Crippen LogP contribution in [-0.2, 0) is 16.6 Å². The number of Topliss-reactive ketones (excluding diaryl/α,β-unsaturated/α-hetero) is 1. The van der Waals surface area contributed by atoms with Crippen molar-refractivity contribution in [2.45, 2.75) is 27.7 Å². The van der Waals surface area contributed by atoms with Crippen LogP contribution in [0.4, 0.5) is 5.69 Å². The predicted molar refractivity (Wildman–Crippen MR) is 139 cm³/mol. The highest BCUT2D eigenvalue weighted by molar-refractivity contribution is 7.07. The standard InChI is InChI=1S/C27H30N2O5S/c1-6-33-21-14-18(12-13-20(21)34-17-24(31)28-19-10-8-7-9-11-19)15-22-26(32)29(5)25(35-22)16-23(30)27(2,3)4/h7-16H,6,17H2,1-5H3,(H,28,31)/b22-15-,25-16-. The number of amides is 1. The lowest BCUT2D eigenvalue weighted by atomic mass is 9.91. The molecule has 184 valence electrons. The first-order valence-electron chi connectivity index (χ1n) is 11.3. The summed E-state index contributed by atoms with van der Waals surface area (Å²) in [5.74, 6) is 0.565. The Kier molecular flexibility index (Phi) is 8.30. The van der Waals surface area contributed by atoms with E-state index >= 15 is 0 Å². The van der Waals surface area contributed by atoms with Gasteiger partial charge in [-0.05, 0) is 42.8 Å². The van der Waals surface area contributed by atoms with Gasteiger partial charge < -0.3 is 19.4 Å². The lowest BCUT2D eigenvalue weighted by molar-refractivity contribution is -0.120. The Balaban J connectivity index is 1.84. The Labute approximate surface area is 208 Å². The van der Waals surface area contributed by atoms with E-state index in [1.54, 1.807) is 43.5 Å². The minimum atomic E-state index is -0.524. The molecule has 0 bridgehead atoms. The fourth-order valence-electron chi connectivity index (χ4n) is 3.05. The van der Waals surface area contributed by atoms with Crippen molar-refractivity contribution >= 4 is 40.9 Å². The molecule has 7 nitrogen and oxygen atoms in total. The largest absolute Gasteiger partial charge is 0.490 e. The minimum Gasteiger partial charge on any atom is -0.490 e. The van der Waals surface area contributed by atoms with Crippen molar-refractivity contribution in [2.24, 2.45) is 12.5 Å². The van der Waals surface area contributed by atoms with E-state index in [0.717, 1.165) is 5.56 Å². The number of aromatic nitrogens is 1. The molecule has 0 aliphatic carbocycles. The Bertz CT molecular complexity index is 1380. The molecule has 1 heterocycles. The number of nitrogens with one attached hydrogen (secondary N) is 1. The maximum absolute atomic E-state index is 12.7. The van der Waals surface area contributed by atoms with Crippen LogP contribution in [0.1, 0.15) is 33.3 Å². The first kappa shape index (κ1) is 26.0. The van der Waals surface area contributed by atoms with Crippen LogP contribution in [-0.4, -0.2) is 29.5 Å². The van der Waals surface area contributed by atoms with Crippen LogP contribution >= 0.6 is 11.3 Å². The Morgan fingerprint density at radius 3 is 2.43 bits per heavy atom. The van der Waals surface area contributed by atoms with Gasteiger partial charge in [-0.3, -0.25) is 14.4 Å². The van der Waals surface area contributed by atoms with Crippen LogP contribution in [0.15, 0.2) is 53.3 Å². The van der Waals surface area contributed by atoms with Gasteiger partial charge >= 0.3 is 0 Å². The summed E-state index contributed by atoms with van der Waals surface area (Å²) in [7, 11) is 1.65. The number of hydrogen-bond donors (Lipinski definition) is 1. The molecular weight excluding hydrogens is 464 g/mol. The zero-order valence-electron chi connectivity index (χ0n) is 20.6. The summed E-state index contributed by atoms with van der Waals surface area (Å²) < 4.78 is 14.0. The fraction of sp³-hybridized carbons (Fsp3) is 0.296. The van der Waals surface area contributed by atoms with E-state index < -0.39 is 5.41 Å². The van der Waals surface area contributed by atoms with Gasteiger partial charge in [0.05, 0.1) is 11.1 Å². The number of thiazole rings is 1. The molecule has 0 aliphatic heterocycles. The van der Waals surface area contributed by atoms with Crippen molar-refractivity contribution in [1.82, 2.24) is 4.57 Å². The first-order valence-corrected chi connectivity index (χ1v) is 12.1. The van der Waals surface area contributed by atoms with Gasteiger partial charge in [0.1, 0.15) is 4.66 Å². The van der Waals surface area contributed by atoms with Crippen molar-refractivity contribution in [2.75, 3.05) is 18.5 Å². The second-order valence-corrected chi connectivity index (χ2v) is 9.98. The molecule has 0 radical (unpaired) electrons. The van der Waals surface area contributed by atoms with Gasteiger partial charge in [-0.15, -0.1) is 11.3 Å². The molecule has 0 aliphatic rings. The summed E-state index contributed by atoms with van der Waals surface area (Å²) in [4.78, 5) is 37.4. The van der Waals surface area contributed by atoms with Gasteiger partial charge in [-0.1, -0.05) is 45.0 Å². The van der Waals surface area contributed by atoms with Gasteiger partial charge in [0.25, 0.3) is 11.5 Å². The van der Waals surface area contributed by atoms with E-state index in [1.807, 2.05) is 45.9 Å². The van der Waals surface area contributed by atoms with Crippen LogP contribution < -0.4 is 29.5 Å². The third-order valence-corrected chi connectivity index (χ3v) is 6.15. The number of ketones is 1. The molecule has 3 aromatic rings. The Morgan fingerprint density at radius 1 is 1.06 bits per heavy atom. The smallest absolute Gasteiger partial charge is 0.268 e. The molecule has 0 saturated heterocycles. The second-order valence-electron chi connectivity index (χ2n) is 8.91. The monoisotopic (exact) mass is 494 g/mol. The SMILES string of the molecule is CCOc1cc(/C=c2\s/c(=C\C(=O)C(C)(C)C)n(C)c2=O)ccc1OCC(=O)Nc1ccccc1. The molecule has 0 atom stereocenters. The number of rotatable bonds is 8. The Hall–Kier alpha value is -3.65. The highest BCUT2D eigenvalue weighted by Gasteiger charge is 2.19. The van der Waals surface area contributed by atoms with Crippen LogP contribution in [0.25, 0.3) is 12.2 Å². The highest BCUT2D eigenvalue weighted by atomic mass is 32.1. The normalized spacial score (nSPS) is 12.5. The summed E-state index contributed by atoms with van der Waals surface area (Å²) >= 11 is 1.26. The maximum Gasteiger partial charge on any atom is 0.268 e. The second kappa shape index (κ2) is 11.2. The molecule has 1 N–H and O–H groups in total. The average Bonchev–Trinajstić information content (AvgIpc) is 3.06. The van der Waals surface area contributed by atoms with Crippen molar-refractivity contribution < 1.29 is 19.1 Å². The van der Waals surface area contributed by atoms with Gasteiger partial charge in [0, 0.05) is 24.2 Å². The van der Waals surface area contributed by atoms with Gasteiger partial charge in [0.2, 0.25) is 0 Å². The maximum atomic E-state index is 12.7. The molecule has 8 heteroatoms. The lowest BCUT2D eigenvalue weighted by Gasteiger charge is -2.12. The van der Waals surface area contributed by atoms with Crippen molar-refractivity contribution in [3.05, 3.63) is 73.6 Å². The molecular formula is C27H30N2O5S. The van der Waals surface area contributed by atoms with E-state index in [4.69, 9.17) is 9.47 Å². The van der Waals surface area contributed by atoms with Crippen LogP contribution in [0.2, 0.25) is 0 Å². The topological polar surface area (TPSA) is 86.6 Å². The van der Waals surface area contributed by atoms with Crippen molar-refractivity contribution in [3.63, 3.8) is 0 Å².